The van der Waals surface area contributed by atoms with E-state index in [0.29, 0.717) is 0 Å². The van der Waals surface area contributed by atoms with E-state index in [1.54, 1.807) is 6.20 Å². The molecule has 0 bridgehead atoms. The largest absolute Gasteiger partial charge is 0.396 e. The zero-order chi connectivity index (χ0) is 15.6. The average Bonchev–Trinajstić information content (AvgIpc) is 2.63. The van der Waals surface area contributed by atoms with Gasteiger partial charge in [-0.05, 0) is 18.2 Å². The van der Waals surface area contributed by atoms with Crippen LogP contribution in [0.1, 0.15) is 0 Å². The van der Waals surface area contributed by atoms with Crippen LogP contribution in [-0.4, -0.2) is 31.2 Å². The predicted molar refractivity (Wildman–Crippen MR) is 97.0 cm³/mol. The first-order valence-electron chi connectivity index (χ1n) is 8.01. The molecule has 3 aromatic rings. The van der Waals surface area contributed by atoms with Gasteiger partial charge in [-0.2, -0.15) is 0 Å². The highest BCUT2D eigenvalue weighted by atomic mass is 15.3. The van der Waals surface area contributed by atoms with Gasteiger partial charge in [-0.25, -0.2) is 0 Å². The van der Waals surface area contributed by atoms with Crippen molar-refractivity contribution in [2.75, 3.05) is 41.7 Å². The second-order valence-electron chi connectivity index (χ2n) is 5.89. The standard InChI is InChI=1S/C19H20N4/c20-17-14-21-18-9-5-4-8-16(18)19(17)23-12-10-22(11-13-23)15-6-2-1-3-7-15/h1-9,14H,10-13,20H2. The average molecular weight is 304 g/mol. The summed E-state index contributed by atoms with van der Waals surface area (Å²) in [5, 5.41) is 1.14. The highest BCUT2D eigenvalue weighted by molar-refractivity contribution is 5.97. The van der Waals surface area contributed by atoms with Gasteiger partial charge >= 0.3 is 0 Å². The van der Waals surface area contributed by atoms with E-state index in [4.69, 9.17) is 5.73 Å². The Morgan fingerprint density at radius 2 is 1.43 bits per heavy atom. The molecule has 1 fully saturated rings. The molecular weight excluding hydrogens is 284 g/mol. The molecule has 0 radical (unpaired) electrons. The second kappa shape index (κ2) is 5.80. The van der Waals surface area contributed by atoms with Crippen molar-refractivity contribution in [1.82, 2.24) is 4.98 Å². The van der Waals surface area contributed by atoms with E-state index in [1.807, 2.05) is 18.2 Å². The van der Waals surface area contributed by atoms with Gasteiger partial charge in [-0.15, -0.1) is 0 Å². The van der Waals surface area contributed by atoms with Crippen LogP contribution >= 0.6 is 0 Å². The Labute approximate surface area is 136 Å². The number of fused-ring (bicyclic) bond motifs is 1. The lowest BCUT2D eigenvalue weighted by Gasteiger charge is -2.38. The molecule has 4 nitrogen and oxygen atoms in total. The number of anilines is 3. The van der Waals surface area contributed by atoms with Gasteiger partial charge in [0.25, 0.3) is 0 Å². The fourth-order valence-electron chi connectivity index (χ4n) is 3.32. The van der Waals surface area contributed by atoms with E-state index in [9.17, 15) is 0 Å². The lowest BCUT2D eigenvalue weighted by Crippen LogP contribution is -2.46. The van der Waals surface area contributed by atoms with Crippen molar-refractivity contribution in [2.45, 2.75) is 0 Å². The minimum absolute atomic E-state index is 0.761. The lowest BCUT2D eigenvalue weighted by atomic mass is 10.1. The number of nitrogens with two attached hydrogens (primary N) is 1. The van der Waals surface area contributed by atoms with Crippen LogP contribution in [0.4, 0.5) is 17.1 Å². The van der Waals surface area contributed by atoms with Crippen LogP contribution in [0.15, 0.2) is 60.8 Å². The summed E-state index contributed by atoms with van der Waals surface area (Å²) in [5.41, 5.74) is 10.4. The third-order valence-electron chi connectivity index (χ3n) is 4.49. The predicted octanol–water partition coefficient (Wildman–Crippen LogP) is 3.14. The number of hydrogen-bond donors (Lipinski definition) is 1. The van der Waals surface area contributed by atoms with Crippen molar-refractivity contribution in [3.8, 4) is 0 Å². The van der Waals surface area contributed by atoms with Crippen LogP contribution in [0.3, 0.4) is 0 Å². The summed E-state index contributed by atoms with van der Waals surface area (Å²) in [6.45, 7) is 3.93. The van der Waals surface area contributed by atoms with Crippen LogP contribution in [-0.2, 0) is 0 Å². The smallest absolute Gasteiger partial charge is 0.0745 e. The molecule has 4 heteroatoms. The third kappa shape index (κ3) is 2.57. The Morgan fingerprint density at radius 1 is 0.783 bits per heavy atom. The zero-order valence-electron chi connectivity index (χ0n) is 13.0. The van der Waals surface area contributed by atoms with Gasteiger partial charge in [-0.1, -0.05) is 36.4 Å². The van der Waals surface area contributed by atoms with Crippen molar-refractivity contribution >= 4 is 28.0 Å². The molecular formula is C19H20N4. The number of piperazine rings is 1. The molecule has 23 heavy (non-hydrogen) atoms. The number of pyridine rings is 1. The normalized spacial score (nSPS) is 15.1. The monoisotopic (exact) mass is 304 g/mol. The Morgan fingerprint density at radius 3 is 2.22 bits per heavy atom. The lowest BCUT2D eigenvalue weighted by molar-refractivity contribution is 0.655. The number of para-hydroxylation sites is 2. The summed E-state index contributed by atoms with van der Waals surface area (Å²) in [5.74, 6) is 0. The molecule has 4 rings (SSSR count). The van der Waals surface area contributed by atoms with Crippen LogP contribution in [0, 0.1) is 0 Å². The maximum absolute atomic E-state index is 6.25. The molecule has 0 spiro atoms. The Balaban J connectivity index is 1.61. The fourth-order valence-corrected chi connectivity index (χ4v) is 3.32. The summed E-state index contributed by atoms with van der Waals surface area (Å²) in [6, 6.07) is 18.8. The maximum atomic E-state index is 6.25. The molecule has 1 aliphatic heterocycles. The van der Waals surface area contributed by atoms with Gasteiger partial charge in [0.15, 0.2) is 0 Å². The molecule has 0 aliphatic carbocycles. The quantitative estimate of drug-likeness (QED) is 0.790. The van der Waals surface area contributed by atoms with Crippen LogP contribution in [0.2, 0.25) is 0 Å². The number of rotatable bonds is 2. The van der Waals surface area contributed by atoms with Gasteiger partial charge in [0.2, 0.25) is 0 Å². The molecule has 1 aliphatic rings. The van der Waals surface area contributed by atoms with Crippen molar-refractivity contribution in [3.63, 3.8) is 0 Å². The van der Waals surface area contributed by atoms with Gasteiger partial charge in [0, 0.05) is 37.3 Å². The zero-order valence-corrected chi connectivity index (χ0v) is 13.0. The third-order valence-corrected chi connectivity index (χ3v) is 4.49. The Kier molecular flexibility index (Phi) is 3.50. The topological polar surface area (TPSA) is 45.4 Å². The van der Waals surface area contributed by atoms with Gasteiger partial charge < -0.3 is 15.5 Å². The summed E-state index contributed by atoms with van der Waals surface area (Å²) in [7, 11) is 0. The summed E-state index contributed by atoms with van der Waals surface area (Å²) in [4.78, 5) is 9.25. The molecule has 0 saturated carbocycles. The molecule has 1 aromatic heterocycles. The molecule has 2 N–H and O–H groups in total. The van der Waals surface area contributed by atoms with E-state index in [1.165, 1.54) is 5.69 Å². The number of hydrogen-bond acceptors (Lipinski definition) is 4. The van der Waals surface area contributed by atoms with Crippen molar-refractivity contribution in [2.24, 2.45) is 0 Å². The van der Waals surface area contributed by atoms with E-state index in [2.05, 4.69) is 51.2 Å². The minimum Gasteiger partial charge on any atom is -0.396 e. The number of aromatic nitrogens is 1. The fraction of sp³-hybridized carbons (Fsp3) is 0.211. The number of nitrogen functional groups attached to an aromatic ring is 1. The van der Waals surface area contributed by atoms with Crippen molar-refractivity contribution in [1.29, 1.82) is 0 Å². The van der Waals surface area contributed by atoms with Crippen LogP contribution < -0.4 is 15.5 Å². The second-order valence-corrected chi connectivity index (χ2v) is 5.89. The summed E-state index contributed by atoms with van der Waals surface area (Å²) in [6.07, 6.45) is 1.78. The van der Waals surface area contributed by atoms with E-state index >= 15 is 0 Å². The van der Waals surface area contributed by atoms with E-state index in [-0.39, 0.29) is 0 Å². The van der Waals surface area contributed by atoms with Crippen molar-refractivity contribution in [3.05, 3.63) is 60.8 Å². The first kappa shape index (κ1) is 13.9. The molecule has 0 atom stereocenters. The van der Waals surface area contributed by atoms with Crippen LogP contribution in [0.25, 0.3) is 10.9 Å². The maximum Gasteiger partial charge on any atom is 0.0745 e. The molecule has 0 amide bonds. The minimum atomic E-state index is 0.761. The molecule has 0 unspecified atom stereocenters. The van der Waals surface area contributed by atoms with Crippen LogP contribution in [0.5, 0.6) is 0 Å². The molecule has 1 saturated heterocycles. The number of nitrogens with zero attached hydrogens (tertiary/aromatic N) is 3. The SMILES string of the molecule is Nc1cnc2ccccc2c1N1CCN(c2ccccc2)CC1. The first-order chi connectivity index (χ1) is 11.3. The Hall–Kier alpha value is -2.75. The molecule has 2 aromatic carbocycles. The Bertz CT molecular complexity index is 808. The summed E-state index contributed by atoms with van der Waals surface area (Å²) < 4.78 is 0. The van der Waals surface area contributed by atoms with E-state index < -0.39 is 0 Å². The first-order valence-corrected chi connectivity index (χ1v) is 8.01. The molecule has 116 valence electrons. The summed E-state index contributed by atoms with van der Waals surface area (Å²) >= 11 is 0. The number of benzene rings is 2. The van der Waals surface area contributed by atoms with Gasteiger partial charge in [0.05, 0.1) is 23.1 Å². The van der Waals surface area contributed by atoms with Gasteiger partial charge in [0.1, 0.15) is 0 Å². The highest BCUT2D eigenvalue weighted by Gasteiger charge is 2.20. The van der Waals surface area contributed by atoms with E-state index in [0.717, 1.165) is 48.5 Å². The van der Waals surface area contributed by atoms with Crippen molar-refractivity contribution < 1.29 is 0 Å². The van der Waals surface area contributed by atoms with Gasteiger partial charge in [-0.3, -0.25) is 4.98 Å². The highest BCUT2D eigenvalue weighted by Crippen LogP contribution is 2.32. The molecule has 2 heterocycles.